The molecule has 5 heteroatoms. The Morgan fingerprint density at radius 3 is 2.84 bits per heavy atom. The molecule has 5 nitrogen and oxygen atoms in total. The van der Waals surface area contributed by atoms with Crippen LogP contribution in [0.5, 0.6) is 0 Å². The first-order valence-corrected chi connectivity index (χ1v) is 6.43. The first kappa shape index (κ1) is 13.4. The molecule has 5 N–H and O–H groups in total. The Morgan fingerprint density at radius 1 is 1.53 bits per heavy atom. The fourth-order valence-electron chi connectivity index (χ4n) is 2.54. The van der Waals surface area contributed by atoms with Gasteiger partial charge in [-0.3, -0.25) is 9.89 Å². The monoisotopic (exact) mass is 260 g/mol. The molecule has 0 aromatic carbocycles. The number of rotatable bonds is 3. The van der Waals surface area contributed by atoms with Crippen molar-refractivity contribution in [2.75, 3.05) is 0 Å². The fraction of sp³-hybridized carbons (Fsp3) is 0.429. The minimum absolute atomic E-state index is 0.248. The summed E-state index contributed by atoms with van der Waals surface area (Å²) < 4.78 is 0. The SMILES string of the molecule is C/C=C(\C=C/N)c1n[nH]c2c1CC(C)(C(N)=O)CC2. The van der Waals surface area contributed by atoms with Crippen LogP contribution in [0.1, 0.15) is 37.2 Å². The van der Waals surface area contributed by atoms with Crippen molar-refractivity contribution < 1.29 is 4.79 Å². The predicted molar refractivity (Wildman–Crippen MR) is 74.9 cm³/mol. The second kappa shape index (κ2) is 4.91. The molecule has 1 atom stereocenters. The molecule has 0 aliphatic heterocycles. The normalized spacial score (nSPS) is 23.6. The van der Waals surface area contributed by atoms with E-state index in [0.717, 1.165) is 35.4 Å². The summed E-state index contributed by atoms with van der Waals surface area (Å²) in [7, 11) is 0. The van der Waals surface area contributed by atoms with Crippen LogP contribution in [-0.4, -0.2) is 16.1 Å². The van der Waals surface area contributed by atoms with Crippen molar-refractivity contribution in [3.8, 4) is 0 Å². The quantitative estimate of drug-likeness (QED) is 0.714. The highest BCUT2D eigenvalue weighted by Gasteiger charge is 2.37. The molecule has 1 amide bonds. The van der Waals surface area contributed by atoms with Crippen LogP contribution in [-0.2, 0) is 17.6 Å². The number of amides is 1. The first-order valence-electron chi connectivity index (χ1n) is 6.43. The van der Waals surface area contributed by atoms with Gasteiger partial charge in [-0.25, -0.2) is 0 Å². The van der Waals surface area contributed by atoms with Gasteiger partial charge in [0, 0.05) is 11.3 Å². The lowest BCUT2D eigenvalue weighted by atomic mass is 9.73. The van der Waals surface area contributed by atoms with Crippen molar-refractivity contribution in [1.82, 2.24) is 10.2 Å². The number of aryl methyl sites for hydroxylation is 1. The summed E-state index contributed by atoms with van der Waals surface area (Å²) in [5, 5.41) is 7.42. The summed E-state index contributed by atoms with van der Waals surface area (Å²) in [6, 6.07) is 0. The third-order valence-electron chi connectivity index (χ3n) is 3.90. The molecular formula is C14H20N4O. The van der Waals surface area contributed by atoms with E-state index in [1.807, 2.05) is 26.0 Å². The first-order chi connectivity index (χ1) is 9.01. The molecule has 0 bridgehead atoms. The average molecular weight is 260 g/mol. The Balaban J connectivity index is 2.43. The van der Waals surface area contributed by atoms with E-state index in [9.17, 15) is 4.79 Å². The van der Waals surface area contributed by atoms with Crippen LogP contribution < -0.4 is 11.5 Å². The van der Waals surface area contributed by atoms with E-state index in [4.69, 9.17) is 11.5 Å². The molecule has 1 unspecified atom stereocenters. The number of carbonyl (C=O) groups is 1. The molecule has 1 aromatic heterocycles. The van der Waals surface area contributed by atoms with Gasteiger partial charge in [0.15, 0.2) is 0 Å². The minimum atomic E-state index is -0.489. The van der Waals surface area contributed by atoms with Gasteiger partial charge < -0.3 is 11.5 Å². The van der Waals surface area contributed by atoms with E-state index in [1.54, 1.807) is 0 Å². The van der Waals surface area contributed by atoms with Crippen molar-refractivity contribution in [3.05, 3.63) is 35.3 Å². The van der Waals surface area contributed by atoms with Crippen LogP contribution in [0.25, 0.3) is 5.57 Å². The van der Waals surface area contributed by atoms with E-state index in [1.165, 1.54) is 6.20 Å². The molecule has 19 heavy (non-hydrogen) atoms. The maximum absolute atomic E-state index is 11.6. The van der Waals surface area contributed by atoms with Gasteiger partial charge in [0.2, 0.25) is 5.91 Å². The number of aromatic amines is 1. The lowest BCUT2D eigenvalue weighted by Gasteiger charge is -2.30. The van der Waals surface area contributed by atoms with E-state index in [2.05, 4.69) is 10.2 Å². The zero-order valence-corrected chi connectivity index (χ0v) is 11.4. The van der Waals surface area contributed by atoms with Crippen LogP contribution in [0.3, 0.4) is 0 Å². The molecule has 0 radical (unpaired) electrons. The molecule has 1 aliphatic rings. The number of H-pyrrole nitrogens is 1. The number of hydrogen-bond donors (Lipinski definition) is 3. The Morgan fingerprint density at radius 2 is 2.26 bits per heavy atom. The molecule has 1 aliphatic carbocycles. The summed E-state index contributed by atoms with van der Waals surface area (Å²) >= 11 is 0. The topological polar surface area (TPSA) is 97.8 Å². The third kappa shape index (κ3) is 2.28. The van der Waals surface area contributed by atoms with E-state index in [0.29, 0.717) is 6.42 Å². The number of fused-ring (bicyclic) bond motifs is 1. The summed E-state index contributed by atoms with van der Waals surface area (Å²) in [6.45, 7) is 3.86. The second-order valence-electron chi connectivity index (χ2n) is 5.23. The Labute approximate surface area is 112 Å². The van der Waals surface area contributed by atoms with Crippen LogP contribution in [0.2, 0.25) is 0 Å². The standard InChI is InChI=1S/C14H20N4O/c1-3-9(5-7-15)12-10-8-14(2,13(16)19)6-4-11(10)17-18-12/h3,5,7H,4,6,8,15H2,1-2H3,(H2,16,19)(H,17,18)/b7-5-,9-3+. The molecule has 0 spiro atoms. The Hall–Kier alpha value is -2.04. The van der Waals surface area contributed by atoms with Crippen LogP contribution in [0.15, 0.2) is 18.4 Å². The van der Waals surface area contributed by atoms with Crippen LogP contribution in [0, 0.1) is 5.41 Å². The highest BCUT2D eigenvalue weighted by molar-refractivity contribution is 5.82. The molecular weight excluding hydrogens is 240 g/mol. The molecule has 0 saturated heterocycles. The minimum Gasteiger partial charge on any atom is -0.405 e. The van der Waals surface area contributed by atoms with Crippen molar-refractivity contribution in [1.29, 1.82) is 0 Å². The third-order valence-corrected chi connectivity index (χ3v) is 3.90. The zero-order valence-electron chi connectivity index (χ0n) is 11.4. The predicted octanol–water partition coefficient (Wildman–Crippen LogP) is 1.27. The Bertz CT molecular complexity index is 556. The highest BCUT2D eigenvalue weighted by Crippen LogP contribution is 2.37. The number of nitrogens with two attached hydrogens (primary N) is 2. The summed E-state index contributed by atoms with van der Waals surface area (Å²) in [6.07, 6.45) is 7.44. The molecule has 1 aromatic rings. The number of aromatic nitrogens is 2. The van der Waals surface area contributed by atoms with E-state index >= 15 is 0 Å². The van der Waals surface area contributed by atoms with Gasteiger partial charge in [0.25, 0.3) is 0 Å². The van der Waals surface area contributed by atoms with Gasteiger partial charge in [0.1, 0.15) is 0 Å². The highest BCUT2D eigenvalue weighted by atomic mass is 16.1. The van der Waals surface area contributed by atoms with Crippen LogP contribution in [0.4, 0.5) is 0 Å². The van der Waals surface area contributed by atoms with Crippen molar-refractivity contribution in [3.63, 3.8) is 0 Å². The summed E-state index contributed by atoms with van der Waals surface area (Å²) in [5.74, 6) is -0.248. The number of primary amides is 1. The number of nitrogens with one attached hydrogen (secondary N) is 1. The van der Waals surface area contributed by atoms with Gasteiger partial charge in [-0.15, -0.1) is 0 Å². The molecule has 1 heterocycles. The second-order valence-corrected chi connectivity index (χ2v) is 5.23. The molecule has 2 rings (SSSR count). The number of hydrogen-bond acceptors (Lipinski definition) is 3. The largest absolute Gasteiger partial charge is 0.405 e. The van der Waals surface area contributed by atoms with Crippen molar-refractivity contribution in [2.45, 2.75) is 33.1 Å². The molecule has 0 saturated carbocycles. The number of carbonyl (C=O) groups excluding carboxylic acids is 1. The number of allylic oxidation sites excluding steroid dienone is 3. The summed E-state index contributed by atoms with van der Waals surface area (Å²) in [5.41, 5.74) is 14.5. The fourth-order valence-corrected chi connectivity index (χ4v) is 2.54. The number of nitrogens with zero attached hydrogens (tertiary/aromatic N) is 1. The van der Waals surface area contributed by atoms with Crippen LogP contribution >= 0.6 is 0 Å². The molecule has 102 valence electrons. The van der Waals surface area contributed by atoms with E-state index in [-0.39, 0.29) is 5.91 Å². The van der Waals surface area contributed by atoms with Gasteiger partial charge in [-0.1, -0.05) is 13.0 Å². The van der Waals surface area contributed by atoms with Gasteiger partial charge in [-0.2, -0.15) is 5.10 Å². The zero-order chi connectivity index (χ0) is 14.0. The van der Waals surface area contributed by atoms with Gasteiger partial charge >= 0.3 is 0 Å². The lowest BCUT2D eigenvalue weighted by molar-refractivity contribution is -0.127. The van der Waals surface area contributed by atoms with E-state index < -0.39 is 5.41 Å². The smallest absolute Gasteiger partial charge is 0.223 e. The maximum atomic E-state index is 11.6. The summed E-state index contributed by atoms with van der Waals surface area (Å²) in [4.78, 5) is 11.6. The molecule has 0 fully saturated rings. The van der Waals surface area contributed by atoms with Gasteiger partial charge in [0.05, 0.1) is 11.1 Å². The average Bonchev–Trinajstić information content (AvgIpc) is 2.78. The van der Waals surface area contributed by atoms with Gasteiger partial charge in [-0.05, 0) is 44.0 Å². The maximum Gasteiger partial charge on any atom is 0.223 e. The van der Waals surface area contributed by atoms with Crippen molar-refractivity contribution >= 4 is 11.5 Å². The van der Waals surface area contributed by atoms with Crippen molar-refractivity contribution in [2.24, 2.45) is 16.9 Å². The Kier molecular flexibility index (Phi) is 3.46. The lowest BCUT2D eigenvalue weighted by Crippen LogP contribution is -2.39.